The Balaban J connectivity index is 1.92. The molecule has 0 aliphatic rings. The molecule has 2 aromatic carbocycles. The van der Waals surface area contributed by atoms with Crippen molar-refractivity contribution in [3.63, 3.8) is 0 Å². The predicted molar refractivity (Wildman–Crippen MR) is 107 cm³/mol. The monoisotopic (exact) mass is 396 g/mol. The van der Waals surface area contributed by atoms with Crippen LogP contribution in [0.25, 0.3) is 22.2 Å². The summed E-state index contributed by atoms with van der Waals surface area (Å²) in [5.74, 6) is -0.424. The van der Waals surface area contributed by atoms with Gasteiger partial charge in [-0.25, -0.2) is 13.8 Å². The lowest BCUT2D eigenvalue weighted by Crippen LogP contribution is -2.17. The van der Waals surface area contributed by atoms with Crippen molar-refractivity contribution in [1.29, 1.82) is 0 Å². The Labute approximate surface area is 164 Å². The normalized spacial score (nSPS) is 12.3. The molecule has 1 atom stereocenters. The van der Waals surface area contributed by atoms with Gasteiger partial charge in [-0.2, -0.15) is 0 Å². The summed E-state index contributed by atoms with van der Waals surface area (Å²) >= 11 is 5.87. The van der Waals surface area contributed by atoms with Crippen LogP contribution < -0.4 is 5.56 Å². The van der Waals surface area contributed by atoms with Gasteiger partial charge in [-0.3, -0.25) is 4.79 Å². The zero-order chi connectivity index (χ0) is 19.8. The highest BCUT2D eigenvalue weighted by molar-refractivity contribution is 6.30. The Morgan fingerprint density at radius 3 is 2.50 bits per heavy atom. The van der Waals surface area contributed by atoms with Crippen molar-refractivity contribution >= 4 is 22.6 Å². The number of pyridine rings is 2. The maximum atomic E-state index is 15.1. The number of alkyl halides is 1. The van der Waals surface area contributed by atoms with Crippen molar-refractivity contribution in [2.24, 2.45) is 7.05 Å². The number of nitrogens with zero attached hydrogens (tertiary/aromatic N) is 2. The van der Waals surface area contributed by atoms with Gasteiger partial charge in [-0.05, 0) is 47.5 Å². The Bertz CT molecular complexity index is 1240. The third kappa shape index (κ3) is 3.29. The molecule has 2 aromatic heterocycles. The van der Waals surface area contributed by atoms with Gasteiger partial charge in [0.25, 0.3) is 5.56 Å². The van der Waals surface area contributed by atoms with Gasteiger partial charge in [-0.15, -0.1) is 0 Å². The molecule has 1 unspecified atom stereocenters. The molecule has 0 aliphatic carbocycles. The van der Waals surface area contributed by atoms with E-state index in [1.54, 1.807) is 55.6 Å². The first-order valence-electron chi connectivity index (χ1n) is 8.60. The lowest BCUT2D eigenvalue weighted by molar-refractivity contribution is 0.394. The highest BCUT2D eigenvalue weighted by Crippen LogP contribution is 2.31. The van der Waals surface area contributed by atoms with Crippen molar-refractivity contribution < 1.29 is 8.78 Å². The molecule has 0 aliphatic heterocycles. The van der Waals surface area contributed by atoms with Gasteiger partial charge < -0.3 is 4.57 Å². The molecule has 6 heteroatoms. The van der Waals surface area contributed by atoms with E-state index in [1.165, 1.54) is 22.8 Å². The van der Waals surface area contributed by atoms with Crippen LogP contribution in [-0.4, -0.2) is 9.55 Å². The molecule has 0 saturated carbocycles. The van der Waals surface area contributed by atoms with Gasteiger partial charge >= 0.3 is 0 Å². The minimum absolute atomic E-state index is 0.200. The average Bonchev–Trinajstić information content (AvgIpc) is 2.70. The fourth-order valence-corrected chi connectivity index (χ4v) is 3.29. The first-order valence-corrected chi connectivity index (χ1v) is 8.98. The topological polar surface area (TPSA) is 34.9 Å². The third-order valence-corrected chi connectivity index (χ3v) is 4.92. The van der Waals surface area contributed by atoms with Crippen molar-refractivity contribution in [1.82, 2.24) is 9.55 Å². The van der Waals surface area contributed by atoms with Crippen molar-refractivity contribution in [3.8, 4) is 11.1 Å². The van der Waals surface area contributed by atoms with E-state index >= 15 is 4.39 Å². The molecular weight excluding hydrogens is 382 g/mol. The van der Waals surface area contributed by atoms with Crippen molar-refractivity contribution in [3.05, 3.63) is 99.2 Å². The number of hydrogen-bond donors (Lipinski definition) is 0. The molecule has 3 nitrogen and oxygen atoms in total. The van der Waals surface area contributed by atoms with E-state index in [0.717, 1.165) is 0 Å². The molecule has 140 valence electrons. The SMILES string of the molecule is Cn1c(=O)cc(-c2cccc(F)c2)c2nc(C(F)c3ccc(Cl)cc3)ccc21. The molecule has 0 amide bonds. The van der Waals surface area contributed by atoms with E-state index in [1.807, 2.05) is 0 Å². The number of rotatable bonds is 3. The van der Waals surface area contributed by atoms with Gasteiger partial charge in [0.05, 0.1) is 16.7 Å². The van der Waals surface area contributed by atoms with Crippen LogP contribution in [0.3, 0.4) is 0 Å². The van der Waals surface area contributed by atoms with Crippen LogP contribution in [0.2, 0.25) is 5.02 Å². The molecular formula is C22H15ClF2N2O. The minimum Gasteiger partial charge on any atom is -0.310 e. The zero-order valence-corrected chi connectivity index (χ0v) is 15.6. The van der Waals surface area contributed by atoms with Crippen LogP contribution in [0.4, 0.5) is 8.78 Å². The highest BCUT2D eigenvalue weighted by Gasteiger charge is 2.17. The van der Waals surface area contributed by atoms with E-state index in [9.17, 15) is 9.18 Å². The Hall–Kier alpha value is -3.05. The standard InChI is InChI=1S/C22H15ClF2N2O/c1-27-19-10-9-18(21(25)13-5-7-15(23)8-6-13)26-22(19)17(12-20(27)28)14-3-2-4-16(24)11-14/h2-12,21H,1H3. The second-order valence-electron chi connectivity index (χ2n) is 6.48. The van der Waals surface area contributed by atoms with Gasteiger partial charge in [0, 0.05) is 23.7 Å². The number of aryl methyl sites for hydroxylation is 1. The number of hydrogen-bond acceptors (Lipinski definition) is 2. The van der Waals surface area contributed by atoms with Crippen LogP contribution in [0.5, 0.6) is 0 Å². The first kappa shape index (κ1) is 18.3. The lowest BCUT2D eigenvalue weighted by atomic mass is 10.0. The minimum atomic E-state index is -1.46. The maximum Gasteiger partial charge on any atom is 0.251 e. The fraction of sp³-hybridized carbons (Fsp3) is 0.0909. The molecule has 4 rings (SSSR count). The van der Waals surface area contributed by atoms with Gasteiger partial charge in [0.1, 0.15) is 5.82 Å². The van der Waals surface area contributed by atoms with Crippen LogP contribution >= 0.6 is 11.6 Å². The van der Waals surface area contributed by atoms with E-state index in [0.29, 0.717) is 32.7 Å². The summed E-state index contributed by atoms with van der Waals surface area (Å²) in [4.78, 5) is 16.8. The van der Waals surface area contributed by atoms with E-state index < -0.39 is 12.0 Å². The van der Waals surface area contributed by atoms with Gasteiger partial charge in [0.2, 0.25) is 0 Å². The fourth-order valence-electron chi connectivity index (χ4n) is 3.16. The number of aromatic nitrogens is 2. The first-order chi connectivity index (χ1) is 13.4. The molecule has 0 fully saturated rings. The van der Waals surface area contributed by atoms with Crippen LogP contribution in [0, 0.1) is 5.82 Å². The lowest BCUT2D eigenvalue weighted by Gasteiger charge is -2.13. The second kappa shape index (κ2) is 7.17. The molecule has 4 aromatic rings. The van der Waals surface area contributed by atoms with E-state index in [-0.39, 0.29) is 11.3 Å². The number of benzene rings is 2. The summed E-state index contributed by atoms with van der Waals surface area (Å²) in [5, 5.41) is 0.519. The summed E-state index contributed by atoms with van der Waals surface area (Å²) in [5.41, 5.74) is 2.31. The summed E-state index contributed by atoms with van der Waals surface area (Å²) in [6.07, 6.45) is -1.46. The van der Waals surface area contributed by atoms with Crippen LogP contribution in [-0.2, 0) is 7.05 Å². The summed E-state index contributed by atoms with van der Waals surface area (Å²) < 4.78 is 30.2. The Morgan fingerprint density at radius 1 is 1.04 bits per heavy atom. The summed E-state index contributed by atoms with van der Waals surface area (Å²) in [6, 6.07) is 16.9. The second-order valence-corrected chi connectivity index (χ2v) is 6.92. The van der Waals surface area contributed by atoms with Gasteiger partial charge in [-0.1, -0.05) is 35.9 Å². The summed E-state index contributed by atoms with van der Waals surface area (Å²) in [7, 11) is 1.62. The summed E-state index contributed by atoms with van der Waals surface area (Å²) in [6.45, 7) is 0. The highest BCUT2D eigenvalue weighted by atomic mass is 35.5. The molecule has 28 heavy (non-hydrogen) atoms. The number of halogens is 3. The Morgan fingerprint density at radius 2 is 1.79 bits per heavy atom. The molecule has 0 radical (unpaired) electrons. The molecule has 2 heterocycles. The van der Waals surface area contributed by atoms with E-state index in [4.69, 9.17) is 11.6 Å². The molecule has 0 N–H and O–H groups in total. The smallest absolute Gasteiger partial charge is 0.251 e. The molecule has 0 spiro atoms. The quantitative estimate of drug-likeness (QED) is 0.461. The van der Waals surface area contributed by atoms with Crippen LogP contribution in [0.15, 0.2) is 71.5 Å². The van der Waals surface area contributed by atoms with Crippen molar-refractivity contribution in [2.75, 3.05) is 0 Å². The van der Waals surface area contributed by atoms with Gasteiger partial charge in [0.15, 0.2) is 6.17 Å². The zero-order valence-electron chi connectivity index (χ0n) is 14.9. The van der Waals surface area contributed by atoms with Crippen LogP contribution in [0.1, 0.15) is 17.4 Å². The number of fused-ring (bicyclic) bond motifs is 1. The van der Waals surface area contributed by atoms with Crippen molar-refractivity contribution in [2.45, 2.75) is 6.17 Å². The Kier molecular flexibility index (Phi) is 4.69. The largest absolute Gasteiger partial charge is 0.310 e. The third-order valence-electron chi connectivity index (χ3n) is 4.67. The molecule has 0 bridgehead atoms. The predicted octanol–water partition coefficient (Wildman–Crippen LogP) is 5.45. The maximum absolute atomic E-state index is 15.1. The molecule has 0 saturated heterocycles. The van der Waals surface area contributed by atoms with E-state index in [2.05, 4.69) is 4.98 Å². The average molecular weight is 397 g/mol.